The molecule has 1 saturated heterocycles. The Bertz CT molecular complexity index is 131. The lowest BCUT2D eigenvalue weighted by molar-refractivity contribution is 0.142. The molecular formula is C12H25N. The van der Waals surface area contributed by atoms with Crippen molar-refractivity contribution in [2.24, 2.45) is 11.8 Å². The van der Waals surface area contributed by atoms with Gasteiger partial charge in [0.05, 0.1) is 0 Å². The third-order valence-electron chi connectivity index (χ3n) is 3.59. The summed E-state index contributed by atoms with van der Waals surface area (Å²) in [6.45, 7) is 7.63. The highest BCUT2D eigenvalue weighted by Gasteiger charge is 2.31. The van der Waals surface area contributed by atoms with Crippen LogP contribution in [0.1, 0.15) is 52.9 Å². The summed E-state index contributed by atoms with van der Waals surface area (Å²) < 4.78 is 0. The molecule has 78 valence electrons. The topological polar surface area (TPSA) is 12.0 Å². The van der Waals surface area contributed by atoms with E-state index in [1.807, 2.05) is 13.8 Å². The van der Waals surface area contributed by atoms with Crippen molar-refractivity contribution in [3.63, 3.8) is 0 Å². The second kappa shape index (κ2) is 5.64. The van der Waals surface area contributed by atoms with Gasteiger partial charge in [0, 0.05) is 6.04 Å². The van der Waals surface area contributed by atoms with Crippen LogP contribution in [0.15, 0.2) is 0 Å². The fourth-order valence-electron chi connectivity index (χ4n) is 2.90. The molecule has 1 nitrogen and oxygen atoms in total. The van der Waals surface area contributed by atoms with Crippen LogP contribution in [0.5, 0.6) is 0 Å². The van der Waals surface area contributed by atoms with Crippen molar-refractivity contribution in [2.45, 2.75) is 58.9 Å². The van der Waals surface area contributed by atoms with E-state index in [4.69, 9.17) is 0 Å². The van der Waals surface area contributed by atoms with E-state index in [0.717, 1.165) is 17.9 Å². The molecule has 3 atom stereocenters. The minimum absolute atomic E-state index is 0.800. The smallest absolute Gasteiger partial charge is 0.00696 e. The molecule has 1 heteroatoms. The van der Waals surface area contributed by atoms with E-state index in [2.05, 4.69) is 12.2 Å². The standard InChI is InChI=1S/C10H19N.C2H6/c1-8-10-5-3-2-4-9(10)6-7-11-8;1-2/h8-11H,2-7H2,1H3;1-2H3. The number of piperidine rings is 1. The summed E-state index contributed by atoms with van der Waals surface area (Å²) in [5.74, 6) is 2.08. The first kappa shape index (κ1) is 11.0. The summed E-state index contributed by atoms with van der Waals surface area (Å²) in [7, 11) is 0. The van der Waals surface area contributed by atoms with Crippen molar-refractivity contribution >= 4 is 0 Å². The molecule has 1 saturated carbocycles. The predicted octanol–water partition coefficient (Wildman–Crippen LogP) is 3.20. The predicted molar refractivity (Wildman–Crippen MR) is 58.9 cm³/mol. The minimum atomic E-state index is 0.800. The number of hydrogen-bond acceptors (Lipinski definition) is 1. The molecule has 1 N–H and O–H groups in total. The van der Waals surface area contributed by atoms with Crippen LogP contribution in [-0.2, 0) is 0 Å². The lowest BCUT2D eigenvalue weighted by Gasteiger charge is -2.40. The lowest BCUT2D eigenvalue weighted by atomic mass is 9.72. The maximum absolute atomic E-state index is 3.58. The number of nitrogens with one attached hydrogen (secondary N) is 1. The van der Waals surface area contributed by atoms with Crippen molar-refractivity contribution < 1.29 is 0 Å². The molecule has 1 aliphatic heterocycles. The Morgan fingerprint density at radius 2 is 1.69 bits per heavy atom. The second-order valence-corrected chi connectivity index (χ2v) is 4.24. The monoisotopic (exact) mass is 183 g/mol. The van der Waals surface area contributed by atoms with Gasteiger partial charge in [-0.25, -0.2) is 0 Å². The summed E-state index contributed by atoms with van der Waals surface area (Å²) in [6.07, 6.45) is 7.41. The van der Waals surface area contributed by atoms with Gasteiger partial charge in [-0.05, 0) is 38.1 Å². The van der Waals surface area contributed by atoms with Crippen molar-refractivity contribution in [2.75, 3.05) is 6.54 Å². The molecule has 2 fully saturated rings. The average molecular weight is 183 g/mol. The van der Waals surface area contributed by atoms with Gasteiger partial charge in [-0.3, -0.25) is 0 Å². The third kappa shape index (κ3) is 2.70. The van der Waals surface area contributed by atoms with Crippen LogP contribution < -0.4 is 5.32 Å². The fourth-order valence-corrected chi connectivity index (χ4v) is 2.90. The summed E-state index contributed by atoms with van der Waals surface area (Å²) in [5, 5.41) is 3.58. The van der Waals surface area contributed by atoms with E-state index in [0.29, 0.717) is 0 Å². The highest BCUT2D eigenvalue weighted by molar-refractivity contribution is 4.86. The van der Waals surface area contributed by atoms with E-state index in [1.54, 1.807) is 0 Å². The first-order chi connectivity index (χ1) is 6.38. The van der Waals surface area contributed by atoms with Gasteiger partial charge < -0.3 is 5.32 Å². The Labute approximate surface area is 83.3 Å². The number of fused-ring (bicyclic) bond motifs is 1. The third-order valence-corrected chi connectivity index (χ3v) is 3.59. The van der Waals surface area contributed by atoms with Gasteiger partial charge in [0.15, 0.2) is 0 Å². The van der Waals surface area contributed by atoms with Crippen molar-refractivity contribution in [1.82, 2.24) is 5.32 Å². The molecule has 0 bridgehead atoms. The van der Waals surface area contributed by atoms with Crippen LogP contribution in [0.25, 0.3) is 0 Å². The van der Waals surface area contributed by atoms with Crippen molar-refractivity contribution in [3.8, 4) is 0 Å². The van der Waals surface area contributed by atoms with Crippen LogP contribution in [-0.4, -0.2) is 12.6 Å². The highest BCUT2D eigenvalue weighted by Crippen LogP contribution is 2.36. The van der Waals surface area contributed by atoms with E-state index < -0.39 is 0 Å². The van der Waals surface area contributed by atoms with Crippen LogP contribution in [0.4, 0.5) is 0 Å². The molecule has 2 aliphatic rings. The summed E-state index contributed by atoms with van der Waals surface area (Å²) >= 11 is 0. The molecular weight excluding hydrogens is 158 g/mol. The van der Waals surface area contributed by atoms with E-state index in [1.165, 1.54) is 38.6 Å². The quantitative estimate of drug-likeness (QED) is 0.608. The SMILES string of the molecule is CC.CC1NCCC2CCCCC21. The normalized spacial score (nSPS) is 38.5. The zero-order valence-corrected chi connectivity index (χ0v) is 9.47. The molecule has 1 aliphatic carbocycles. The van der Waals surface area contributed by atoms with Gasteiger partial charge in [-0.2, -0.15) is 0 Å². The summed E-state index contributed by atoms with van der Waals surface area (Å²) in [4.78, 5) is 0. The van der Waals surface area contributed by atoms with Crippen LogP contribution in [0, 0.1) is 11.8 Å². The first-order valence-corrected chi connectivity index (χ1v) is 6.11. The summed E-state index contributed by atoms with van der Waals surface area (Å²) in [5.41, 5.74) is 0. The molecule has 0 aromatic rings. The maximum atomic E-state index is 3.58. The van der Waals surface area contributed by atoms with Gasteiger partial charge in [0.2, 0.25) is 0 Å². The lowest BCUT2D eigenvalue weighted by Crippen LogP contribution is -2.45. The Balaban J connectivity index is 0.000000396. The summed E-state index contributed by atoms with van der Waals surface area (Å²) in [6, 6.07) is 0.800. The fraction of sp³-hybridized carbons (Fsp3) is 1.00. The molecule has 1 heterocycles. The molecule has 0 spiro atoms. The van der Waals surface area contributed by atoms with E-state index >= 15 is 0 Å². The van der Waals surface area contributed by atoms with Gasteiger partial charge in [0.1, 0.15) is 0 Å². The van der Waals surface area contributed by atoms with E-state index in [9.17, 15) is 0 Å². The maximum Gasteiger partial charge on any atom is 0.00696 e. The number of rotatable bonds is 0. The molecule has 0 radical (unpaired) electrons. The first-order valence-electron chi connectivity index (χ1n) is 6.11. The molecule has 13 heavy (non-hydrogen) atoms. The zero-order valence-electron chi connectivity index (χ0n) is 9.47. The molecule has 3 unspecified atom stereocenters. The molecule has 0 amide bonds. The van der Waals surface area contributed by atoms with Gasteiger partial charge >= 0.3 is 0 Å². The molecule has 0 aromatic heterocycles. The Hall–Kier alpha value is -0.0400. The van der Waals surface area contributed by atoms with Gasteiger partial charge in [-0.1, -0.05) is 33.1 Å². The average Bonchev–Trinajstić information content (AvgIpc) is 2.22. The zero-order chi connectivity index (χ0) is 9.68. The van der Waals surface area contributed by atoms with Gasteiger partial charge in [-0.15, -0.1) is 0 Å². The van der Waals surface area contributed by atoms with E-state index in [-0.39, 0.29) is 0 Å². The molecule has 2 rings (SSSR count). The Morgan fingerprint density at radius 1 is 1.00 bits per heavy atom. The highest BCUT2D eigenvalue weighted by atomic mass is 14.9. The largest absolute Gasteiger partial charge is 0.314 e. The van der Waals surface area contributed by atoms with Gasteiger partial charge in [0.25, 0.3) is 0 Å². The minimum Gasteiger partial charge on any atom is -0.314 e. The van der Waals surface area contributed by atoms with Crippen molar-refractivity contribution in [3.05, 3.63) is 0 Å². The second-order valence-electron chi connectivity index (χ2n) is 4.24. The van der Waals surface area contributed by atoms with Crippen LogP contribution in [0.2, 0.25) is 0 Å². The molecule has 0 aromatic carbocycles. The van der Waals surface area contributed by atoms with Crippen LogP contribution in [0.3, 0.4) is 0 Å². The van der Waals surface area contributed by atoms with Crippen LogP contribution >= 0.6 is 0 Å². The van der Waals surface area contributed by atoms with Crippen molar-refractivity contribution in [1.29, 1.82) is 0 Å². The Morgan fingerprint density at radius 3 is 2.38 bits per heavy atom. The number of hydrogen-bond donors (Lipinski definition) is 1. The Kier molecular flexibility index (Phi) is 4.79.